The van der Waals surface area contributed by atoms with E-state index < -0.39 is 6.04 Å². The molecule has 33 heavy (non-hydrogen) atoms. The van der Waals surface area contributed by atoms with E-state index in [9.17, 15) is 9.59 Å². The zero-order chi connectivity index (χ0) is 22.4. The molecule has 5 nitrogen and oxygen atoms in total. The van der Waals surface area contributed by atoms with Crippen molar-refractivity contribution in [3.05, 3.63) is 100.0 Å². The normalized spacial score (nSPS) is 17.2. The van der Waals surface area contributed by atoms with Gasteiger partial charge < -0.3 is 5.32 Å². The highest BCUT2D eigenvalue weighted by atomic mass is 32.2. The Bertz CT molecular complexity index is 1420. The lowest BCUT2D eigenvalue weighted by atomic mass is 9.95. The number of benzene rings is 2. The van der Waals surface area contributed by atoms with Gasteiger partial charge in [-0.1, -0.05) is 48.5 Å². The number of hydrogen-bond acceptors (Lipinski definition) is 4. The van der Waals surface area contributed by atoms with Crippen molar-refractivity contribution in [3.8, 4) is 0 Å². The van der Waals surface area contributed by atoms with Crippen LogP contribution in [0.3, 0.4) is 0 Å². The van der Waals surface area contributed by atoms with Gasteiger partial charge in [0.2, 0.25) is 5.91 Å². The molecule has 1 N–H and O–H groups in total. The zero-order valence-electron chi connectivity index (χ0n) is 18.0. The minimum absolute atomic E-state index is 0.101. The van der Waals surface area contributed by atoms with Crippen LogP contribution in [-0.2, 0) is 11.2 Å². The Kier molecular flexibility index (Phi) is 5.03. The lowest BCUT2D eigenvalue weighted by Gasteiger charge is -2.18. The maximum Gasteiger partial charge on any atom is 0.252 e. The summed E-state index contributed by atoms with van der Waals surface area (Å²) in [5.74, 6) is 1.35. The van der Waals surface area contributed by atoms with Crippen molar-refractivity contribution < 1.29 is 4.79 Å². The largest absolute Gasteiger partial charge is 0.309 e. The maximum atomic E-state index is 13.3. The van der Waals surface area contributed by atoms with Gasteiger partial charge in [0.25, 0.3) is 5.56 Å². The molecular formula is C27H23N3O2S. The van der Waals surface area contributed by atoms with Gasteiger partial charge in [-0.3, -0.25) is 14.2 Å². The summed E-state index contributed by atoms with van der Waals surface area (Å²) in [5.41, 5.74) is 3.49. The van der Waals surface area contributed by atoms with Gasteiger partial charge in [0.05, 0.1) is 5.03 Å². The van der Waals surface area contributed by atoms with Crippen LogP contribution in [0.4, 0.5) is 5.82 Å². The smallest absolute Gasteiger partial charge is 0.252 e. The molecular weight excluding hydrogens is 430 g/mol. The van der Waals surface area contributed by atoms with Gasteiger partial charge in [-0.25, -0.2) is 4.98 Å². The molecule has 4 aromatic rings. The highest BCUT2D eigenvalue weighted by Crippen LogP contribution is 2.48. The van der Waals surface area contributed by atoms with Crippen molar-refractivity contribution in [1.29, 1.82) is 0 Å². The number of carbonyl (C=O) groups excluding carboxylic acids is 1. The molecule has 0 saturated heterocycles. The van der Waals surface area contributed by atoms with Gasteiger partial charge in [0.1, 0.15) is 11.9 Å². The highest BCUT2D eigenvalue weighted by Gasteiger charge is 2.37. The SMILES string of the molecule is O=C(Nc1ccccn1)C1CSc2c(C3CC3)c(Cc3cccc4ccccc34)cc(=O)n21. The first-order chi connectivity index (χ1) is 16.2. The molecule has 1 aliphatic carbocycles. The van der Waals surface area contributed by atoms with Crippen LogP contribution in [0.2, 0.25) is 0 Å². The number of nitrogens with one attached hydrogen (secondary N) is 1. The van der Waals surface area contributed by atoms with Gasteiger partial charge in [-0.2, -0.15) is 0 Å². The predicted molar refractivity (Wildman–Crippen MR) is 132 cm³/mol. The number of thioether (sulfide) groups is 1. The molecule has 6 rings (SSSR count). The Hall–Kier alpha value is -3.38. The third-order valence-corrected chi connectivity index (χ3v) is 7.66. The quantitative estimate of drug-likeness (QED) is 0.454. The van der Waals surface area contributed by atoms with Crippen LogP contribution in [0.15, 0.2) is 82.7 Å². The van der Waals surface area contributed by atoms with Gasteiger partial charge >= 0.3 is 0 Å². The van der Waals surface area contributed by atoms with E-state index in [4.69, 9.17) is 0 Å². The Balaban J connectivity index is 1.39. The average molecular weight is 454 g/mol. The van der Waals surface area contributed by atoms with E-state index in [-0.39, 0.29) is 11.5 Å². The Morgan fingerprint density at radius 2 is 1.85 bits per heavy atom. The molecule has 2 aromatic carbocycles. The summed E-state index contributed by atoms with van der Waals surface area (Å²) in [6, 6.07) is 21.4. The first kappa shape index (κ1) is 20.2. The van der Waals surface area contributed by atoms with Gasteiger partial charge in [0.15, 0.2) is 0 Å². The fourth-order valence-corrected chi connectivity index (χ4v) is 6.21. The Morgan fingerprint density at radius 1 is 1.03 bits per heavy atom. The molecule has 0 bridgehead atoms. The van der Waals surface area contributed by atoms with Crippen LogP contribution >= 0.6 is 11.8 Å². The number of anilines is 1. The molecule has 1 aliphatic heterocycles. The number of fused-ring (bicyclic) bond motifs is 2. The first-order valence-corrected chi connectivity index (χ1v) is 12.3. The molecule has 6 heteroatoms. The molecule has 3 heterocycles. The molecule has 1 amide bonds. The van der Waals surface area contributed by atoms with Crippen LogP contribution in [-0.4, -0.2) is 21.2 Å². The highest BCUT2D eigenvalue weighted by molar-refractivity contribution is 7.99. The summed E-state index contributed by atoms with van der Waals surface area (Å²) in [5, 5.41) is 6.28. The monoisotopic (exact) mass is 453 g/mol. The minimum atomic E-state index is -0.524. The van der Waals surface area contributed by atoms with Crippen LogP contribution in [0.25, 0.3) is 10.8 Å². The van der Waals surface area contributed by atoms with Crippen LogP contribution < -0.4 is 10.9 Å². The lowest BCUT2D eigenvalue weighted by molar-refractivity contribution is -0.118. The van der Waals surface area contributed by atoms with Crippen molar-refractivity contribution in [2.24, 2.45) is 0 Å². The second-order valence-electron chi connectivity index (χ2n) is 8.72. The summed E-state index contributed by atoms with van der Waals surface area (Å²) in [7, 11) is 0. The zero-order valence-corrected chi connectivity index (χ0v) is 18.8. The van der Waals surface area contributed by atoms with E-state index in [0.717, 1.165) is 29.9 Å². The van der Waals surface area contributed by atoms with E-state index in [1.54, 1.807) is 40.7 Å². The molecule has 1 fully saturated rings. The van der Waals surface area contributed by atoms with Crippen molar-refractivity contribution in [1.82, 2.24) is 9.55 Å². The summed E-state index contributed by atoms with van der Waals surface area (Å²) in [4.78, 5) is 30.5. The standard InChI is InChI=1S/C27H23N3O2S/c31-24-15-20(14-19-8-5-7-17-6-1-2-9-21(17)19)25(18-11-12-18)27-30(24)22(16-33-27)26(32)29-23-10-3-4-13-28-23/h1-10,13,15,18,22H,11-12,14,16H2,(H,28,29,32). The number of carbonyl (C=O) groups is 1. The number of aromatic nitrogens is 2. The maximum absolute atomic E-state index is 13.3. The topological polar surface area (TPSA) is 64.0 Å². The average Bonchev–Trinajstić information content (AvgIpc) is 3.57. The number of nitrogens with zero attached hydrogens (tertiary/aromatic N) is 2. The van der Waals surface area contributed by atoms with E-state index in [1.165, 1.54) is 21.9 Å². The third kappa shape index (κ3) is 3.74. The summed E-state index contributed by atoms with van der Waals surface area (Å²) in [6.45, 7) is 0. The van der Waals surface area contributed by atoms with Gasteiger partial charge in [0, 0.05) is 18.0 Å². The fraction of sp³-hybridized carbons (Fsp3) is 0.222. The van der Waals surface area contributed by atoms with Crippen LogP contribution in [0.1, 0.15) is 41.5 Å². The first-order valence-electron chi connectivity index (χ1n) is 11.3. The molecule has 1 saturated carbocycles. The number of amides is 1. The van der Waals surface area contributed by atoms with Crippen molar-refractivity contribution >= 4 is 34.3 Å². The van der Waals surface area contributed by atoms with Crippen LogP contribution in [0, 0.1) is 0 Å². The van der Waals surface area contributed by atoms with Gasteiger partial charge in [-0.05, 0) is 64.8 Å². The van der Waals surface area contributed by atoms with E-state index in [1.807, 2.05) is 6.07 Å². The third-order valence-electron chi connectivity index (χ3n) is 6.49. The number of pyridine rings is 2. The summed E-state index contributed by atoms with van der Waals surface area (Å²) >= 11 is 1.63. The second-order valence-corrected chi connectivity index (χ2v) is 9.73. The molecule has 1 unspecified atom stereocenters. The molecule has 0 radical (unpaired) electrons. The second kappa shape index (κ2) is 8.19. The van der Waals surface area contributed by atoms with Gasteiger partial charge in [-0.15, -0.1) is 11.8 Å². The molecule has 2 aromatic heterocycles. The van der Waals surface area contributed by atoms with Crippen LogP contribution in [0.5, 0.6) is 0 Å². The fourth-order valence-electron chi connectivity index (χ4n) is 4.78. The lowest BCUT2D eigenvalue weighted by Crippen LogP contribution is -2.33. The molecule has 0 spiro atoms. The van der Waals surface area contributed by atoms with E-state index in [2.05, 4.69) is 52.8 Å². The summed E-state index contributed by atoms with van der Waals surface area (Å²) in [6.07, 6.45) is 4.64. The Morgan fingerprint density at radius 3 is 2.67 bits per heavy atom. The van der Waals surface area contributed by atoms with Crippen molar-refractivity contribution in [2.45, 2.75) is 36.2 Å². The number of hydrogen-bond donors (Lipinski definition) is 1. The van der Waals surface area contributed by atoms with E-state index in [0.29, 0.717) is 17.5 Å². The van der Waals surface area contributed by atoms with E-state index >= 15 is 0 Å². The number of rotatable bonds is 5. The minimum Gasteiger partial charge on any atom is -0.309 e. The summed E-state index contributed by atoms with van der Waals surface area (Å²) < 4.78 is 1.71. The molecule has 164 valence electrons. The van der Waals surface area contributed by atoms with Crippen molar-refractivity contribution in [2.75, 3.05) is 11.1 Å². The Labute approximate surface area is 195 Å². The molecule has 2 aliphatic rings. The molecule has 1 atom stereocenters. The van der Waals surface area contributed by atoms with Crippen molar-refractivity contribution in [3.63, 3.8) is 0 Å². The predicted octanol–water partition coefficient (Wildman–Crippen LogP) is 5.15.